The highest BCUT2D eigenvalue weighted by Crippen LogP contribution is 2.05. The fourth-order valence-corrected chi connectivity index (χ4v) is 1.22. The van der Waals surface area contributed by atoms with Crippen LogP contribution in [0.2, 0.25) is 0 Å². The van der Waals surface area contributed by atoms with E-state index in [9.17, 15) is 4.79 Å². The summed E-state index contributed by atoms with van der Waals surface area (Å²) in [6, 6.07) is 1.72. The number of aromatic nitrogens is 1. The Kier molecular flexibility index (Phi) is 3.85. The Morgan fingerprint density at radius 1 is 1.64 bits per heavy atom. The molecule has 2 N–H and O–H groups in total. The maximum absolute atomic E-state index is 11.3. The summed E-state index contributed by atoms with van der Waals surface area (Å²) >= 11 is 0. The van der Waals surface area contributed by atoms with Gasteiger partial charge in [0, 0.05) is 24.4 Å². The number of carbonyl (C=O) groups excluding carboxylic acids is 1. The zero-order valence-electron chi connectivity index (χ0n) is 8.18. The van der Waals surface area contributed by atoms with Crippen LogP contribution in [-0.4, -0.2) is 33.3 Å². The number of hydrogen-bond acceptors (Lipinski definition) is 3. The van der Waals surface area contributed by atoms with Gasteiger partial charge in [-0.1, -0.05) is 6.92 Å². The van der Waals surface area contributed by atoms with Crippen molar-refractivity contribution >= 4 is 5.78 Å². The third-order valence-corrected chi connectivity index (χ3v) is 2.03. The number of nitrogens with zero attached hydrogens (tertiary/aromatic N) is 1. The molecule has 1 rings (SSSR count). The van der Waals surface area contributed by atoms with Crippen molar-refractivity contribution < 1.29 is 15.0 Å². The SMILES string of the molecule is CCC(=O)c1ccn(CC(O)CO)c1. The van der Waals surface area contributed by atoms with Gasteiger partial charge < -0.3 is 14.8 Å². The van der Waals surface area contributed by atoms with Gasteiger partial charge in [-0.25, -0.2) is 0 Å². The summed E-state index contributed by atoms with van der Waals surface area (Å²) < 4.78 is 1.70. The van der Waals surface area contributed by atoms with Crippen LogP contribution in [-0.2, 0) is 6.54 Å². The molecule has 1 atom stereocenters. The van der Waals surface area contributed by atoms with Crippen molar-refractivity contribution in [2.75, 3.05) is 6.61 Å². The van der Waals surface area contributed by atoms with E-state index < -0.39 is 6.10 Å². The molecule has 4 heteroatoms. The standard InChI is InChI=1S/C10H15NO3/c1-2-10(14)8-3-4-11(5-8)6-9(13)7-12/h3-5,9,12-13H,2,6-7H2,1H3. The zero-order valence-corrected chi connectivity index (χ0v) is 8.18. The lowest BCUT2D eigenvalue weighted by atomic mass is 10.2. The van der Waals surface area contributed by atoms with Crippen molar-refractivity contribution in [3.63, 3.8) is 0 Å². The third kappa shape index (κ3) is 2.68. The van der Waals surface area contributed by atoms with Crippen LogP contribution in [0.15, 0.2) is 18.5 Å². The van der Waals surface area contributed by atoms with E-state index in [-0.39, 0.29) is 12.4 Å². The smallest absolute Gasteiger partial charge is 0.164 e. The van der Waals surface area contributed by atoms with Crippen molar-refractivity contribution in [1.29, 1.82) is 0 Å². The van der Waals surface area contributed by atoms with Crippen molar-refractivity contribution in [1.82, 2.24) is 4.57 Å². The Morgan fingerprint density at radius 3 is 2.93 bits per heavy atom. The molecule has 0 aliphatic rings. The van der Waals surface area contributed by atoms with E-state index in [0.717, 1.165) is 0 Å². The molecule has 0 amide bonds. The molecule has 0 saturated heterocycles. The lowest BCUT2D eigenvalue weighted by Gasteiger charge is -2.07. The van der Waals surface area contributed by atoms with Crippen molar-refractivity contribution in [2.45, 2.75) is 26.0 Å². The maximum Gasteiger partial charge on any atom is 0.164 e. The fourth-order valence-electron chi connectivity index (χ4n) is 1.22. The minimum absolute atomic E-state index is 0.0854. The first-order chi connectivity index (χ1) is 6.67. The summed E-state index contributed by atoms with van der Waals surface area (Å²) in [4.78, 5) is 11.3. The van der Waals surface area contributed by atoms with Gasteiger partial charge in [0.15, 0.2) is 5.78 Å². The molecule has 1 aromatic heterocycles. The molecule has 0 bridgehead atoms. The molecule has 78 valence electrons. The zero-order chi connectivity index (χ0) is 10.6. The lowest BCUT2D eigenvalue weighted by molar-refractivity contribution is 0.0812. The molecule has 4 nitrogen and oxygen atoms in total. The Morgan fingerprint density at radius 2 is 2.36 bits per heavy atom. The molecule has 1 unspecified atom stereocenters. The number of aliphatic hydroxyl groups excluding tert-OH is 2. The molecule has 1 heterocycles. The van der Waals surface area contributed by atoms with E-state index in [0.29, 0.717) is 18.5 Å². The third-order valence-electron chi connectivity index (χ3n) is 2.03. The summed E-state index contributed by atoms with van der Waals surface area (Å²) in [5, 5.41) is 17.8. The molecule has 14 heavy (non-hydrogen) atoms. The van der Waals surface area contributed by atoms with Crippen molar-refractivity contribution in [3.05, 3.63) is 24.0 Å². The van der Waals surface area contributed by atoms with E-state index in [1.807, 2.05) is 6.92 Å². The predicted octanol–water partition coefficient (Wildman–Crippen LogP) is 0.434. The second kappa shape index (κ2) is 4.93. The van der Waals surface area contributed by atoms with Crippen molar-refractivity contribution in [3.8, 4) is 0 Å². The topological polar surface area (TPSA) is 62.5 Å². The van der Waals surface area contributed by atoms with E-state index in [4.69, 9.17) is 10.2 Å². The van der Waals surface area contributed by atoms with Crippen LogP contribution in [0.4, 0.5) is 0 Å². The van der Waals surface area contributed by atoms with Gasteiger partial charge in [-0.05, 0) is 6.07 Å². The second-order valence-corrected chi connectivity index (χ2v) is 3.21. The molecular formula is C10H15NO3. The van der Waals surface area contributed by atoms with Gasteiger partial charge in [-0.15, -0.1) is 0 Å². The molecule has 0 radical (unpaired) electrons. The normalized spacial score (nSPS) is 12.8. The monoisotopic (exact) mass is 197 g/mol. The van der Waals surface area contributed by atoms with Crippen LogP contribution in [0.5, 0.6) is 0 Å². The quantitative estimate of drug-likeness (QED) is 0.673. The first-order valence-corrected chi connectivity index (χ1v) is 4.65. The van der Waals surface area contributed by atoms with E-state index in [1.165, 1.54) is 0 Å². The summed E-state index contributed by atoms with van der Waals surface area (Å²) in [6.07, 6.45) is 3.12. The van der Waals surface area contributed by atoms with Crippen LogP contribution in [0.25, 0.3) is 0 Å². The van der Waals surface area contributed by atoms with Gasteiger partial charge in [-0.2, -0.15) is 0 Å². The van der Waals surface area contributed by atoms with Crippen molar-refractivity contribution in [2.24, 2.45) is 0 Å². The maximum atomic E-state index is 11.3. The average Bonchev–Trinajstić information content (AvgIpc) is 2.65. The van der Waals surface area contributed by atoms with E-state index >= 15 is 0 Å². The lowest BCUT2D eigenvalue weighted by Crippen LogP contribution is -2.18. The summed E-state index contributed by atoms with van der Waals surface area (Å²) in [7, 11) is 0. The predicted molar refractivity (Wildman–Crippen MR) is 52.1 cm³/mol. The van der Waals surface area contributed by atoms with Crippen LogP contribution in [0, 0.1) is 0 Å². The molecule has 0 spiro atoms. The van der Waals surface area contributed by atoms with E-state index in [2.05, 4.69) is 0 Å². The summed E-state index contributed by atoms with van der Waals surface area (Å²) in [6.45, 7) is 1.85. The Labute approximate surface area is 82.8 Å². The summed E-state index contributed by atoms with van der Waals surface area (Å²) in [5.41, 5.74) is 0.651. The highest BCUT2D eigenvalue weighted by molar-refractivity contribution is 5.95. The van der Waals surface area contributed by atoms with Crippen LogP contribution in [0.1, 0.15) is 23.7 Å². The highest BCUT2D eigenvalue weighted by atomic mass is 16.3. The van der Waals surface area contributed by atoms with Crippen LogP contribution in [0.3, 0.4) is 0 Å². The Balaban J connectivity index is 2.63. The highest BCUT2D eigenvalue weighted by Gasteiger charge is 2.07. The number of rotatable bonds is 5. The van der Waals surface area contributed by atoms with Gasteiger partial charge in [-0.3, -0.25) is 4.79 Å². The van der Waals surface area contributed by atoms with Gasteiger partial charge in [0.1, 0.15) is 0 Å². The minimum atomic E-state index is -0.771. The van der Waals surface area contributed by atoms with Crippen LogP contribution >= 0.6 is 0 Å². The molecule has 0 saturated carbocycles. The number of ketones is 1. The Hall–Kier alpha value is -1.13. The second-order valence-electron chi connectivity index (χ2n) is 3.21. The van der Waals surface area contributed by atoms with Gasteiger partial charge in [0.25, 0.3) is 0 Å². The fraction of sp³-hybridized carbons (Fsp3) is 0.500. The largest absolute Gasteiger partial charge is 0.394 e. The first kappa shape index (κ1) is 10.9. The number of aliphatic hydroxyl groups is 2. The molecule has 0 aliphatic heterocycles. The minimum Gasteiger partial charge on any atom is -0.394 e. The molecule has 0 aliphatic carbocycles. The molecule has 0 aromatic carbocycles. The van der Waals surface area contributed by atoms with E-state index in [1.54, 1.807) is 23.0 Å². The first-order valence-electron chi connectivity index (χ1n) is 4.65. The number of carbonyl (C=O) groups is 1. The summed E-state index contributed by atoms with van der Waals surface area (Å²) in [5.74, 6) is 0.0854. The number of hydrogen-bond donors (Lipinski definition) is 2. The average molecular weight is 197 g/mol. The number of Topliss-reactive ketones (excluding diaryl/α,β-unsaturated/α-hetero) is 1. The molecular weight excluding hydrogens is 182 g/mol. The van der Waals surface area contributed by atoms with Gasteiger partial charge >= 0.3 is 0 Å². The Bertz CT molecular complexity index is 306. The van der Waals surface area contributed by atoms with Crippen LogP contribution < -0.4 is 0 Å². The molecule has 1 aromatic rings. The van der Waals surface area contributed by atoms with Gasteiger partial charge in [0.05, 0.1) is 19.3 Å². The van der Waals surface area contributed by atoms with Gasteiger partial charge in [0.2, 0.25) is 0 Å². The molecule has 0 fully saturated rings.